The van der Waals surface area contributed by atoms with Gasteiger partial charge in [-0.2, -0.15) is 0 Å². The van der Waals surface area contributed by atoms with E-state index in [-0.39, 0.29) is 5.91 Å². The Bertz CT molecular complexity index is 921. The zero-order valence-corrected chi connectivity index (χ0v) is 18.0. The summed E-state index contributed by atoms with van der Waals surface area (Å²) in [5, 5.41) is 3.90. The molecule has 3 aromatic rings. The van der Waals surface area contributed by atoms with Crippen LogP contribution in [0.3, 0.4) is 0 Å². The van der Waals surface area contributed by atoms with Crippen LogP contribution in [0.2, 0.25) is 0 Å². The minimum absolute atomic E-state index is 0.126. The van der Waals surface area contributed by atoms with Crippen molar-refractivity contribution in [2.24, 2.45) is 0 Å². The number of hydrogen-bond donors (Lipinski definition) is 1. The number of amides is 1. The second kappa shape index (κ2) is 10.2. The van der Waals surface area contributed by atoms with Crippen LogP contribution in [0.1, 0.15) is 32.4 Å². The van der Waals surface area contributed by atoms with E-state index < -0.39 is 0 Å². The van der Waals surface area contributed by atoms with Crippen molar-refractivity contribution >= 4 is 22.9 Å². The number of ether oxygens (including phenoxy) is 1. The fourth-order valence-corrected chi connectivity index (χ4v) is 3.90. The van der Waals surface area contributed by atoms with E-state index in [9.17, 15) is 4.79 Å². The Hall–Kier alpha value is -2.70. The van der Waals surface area contributed by atoms with E-state index in [0.717, 1.165) is 41.5 Å². The Kier molecular flexibility index (Phi) is 7.38. The molecular formula is C23H27N3O2S. The van der Waals surface area contributed by atoms with Gasteiger partial charge in [0.25, 0.3) is 5.91 Å². The Morgan fingerprint density at radius 1 is 1.10 bits per heavy atom. The van der Waals surface area contributed by atoms with Crippen LogP contribution < -0.4 is 10.1 Å². The molecule has 0 aliphatic carbocycles. The van der Waals surface area contributed by atoms with Crippen molar-refractivity contribution in [3.8, 4) is 5.75 Å². The number of hydrogen-bond acceptors (Lipinski definition) is 5. The maximum absolute atomic E-state index is 12.7. The van der Waals surface area contributed by atoms with Crippen LogP contribution in [0.15, 0.2) is 54.6 Å². The zero-order chi connectivity index (χ0) is 20.6. The number of anilines is 1. The number of benzene rings is 2. The molecule has 0 saturated carbocycles. The molecule has 0 fully saturated rings. The number of thiazole rings is 1. The molecule has 3 rings (SSSR count). The first-order chi connectivity index (χ1) is 14.0. The fraction of sp³-hybridized carbons (Fsp3) is 0.304. The van der Waals surface area contributed by atoms with Crippen LogP contribution in [0.5, 0.6) is 5.75 Å². The van der Waals surface area contributed by atoms with Gasteiger partial charge in [0.05, 0.1) is 17.3 Å². The van der Waals surface area contributed by atoms with Crippen molar-refractivity contribution in [2.45, 2.75) is 19.8 Å². The number of aryl methyl sites for hydroxylation is 1. The molecule has 152 valence electrons. The van der Waals surface area contributed by atoms with Crippen LogP contribution in [-0.2, 0) is 6.42 Å². The van der Waals surface area contributed by atoms with Gasteiger partial charge >= 0.3 is 0 Å². The summed E-state index contributed by atoms with van der Waals surface area (Å²) >= 11 is 1.45. The van der Waals surface area contributed by atoms with Gasteiger partial charge in [0.15, 0.2) is 0 Å². The standard InChI is InChI=1S/C23H27N3O2S/c1-17-22(29-21(24-17)16-18-8-5-4-6-9-18)23(27)25-19-10-12-20(13-11-19)28-15-7-14-26(2)3/h4-6,8-13H,7,14-16H2,1-3H3,(H,25,27). The number of aromatic nitrogens is 1. The number of carbonyl (C=O) groups excluding carboxylic acids is 1. The highest BCUT2D eigenvalue weighted by Gasteiger charge is 2.16. The highest BCUT2D eigenvalue weighted by Crippen LogP contribution is 2.23. The topological polar surface area (TPSA) is 54.5 Å². The third-order valence-corrected chi connectivity index (χ3v) is 5.53. The molecule has 0 radical (unpaired) electrons. The fourth-order valence-electron chi connectivity index (χ4n) is 2.90. The van der Waals surface area contributed by atoms with Crippen molar-refractivity contribution < 1.29 is 9.53 Å². The lowest BCUT2D eigenvalue weighted by atomic mass is 10.2. The number of nitrogens with zero attached hydrogens (tertiary/aromatic N) is 2. The minimum Gasteiger partial charge on any atom is -0.494 e. The SMILES string of the molecule is Cc1nc(Cc2ccccc2)sc1C(=O)Nc1ccc(OCCCN(C)C)cc1. The smallest absolute Gasteiger partial charge is 0.267 e. The van der Waals surface area contributed by atoms with Crippen LogP contribution in [0.4, 0.5) is 5.69 Å². The second-order valence-corrected chi connectivity index (χ2v) is 8.25. The molecule has 1 amide bonds. The summed E-state index contributed by atoms with van der Waals surface area (Å²) < 4.78 is 5.73. The Morgan fingerprint density at radius 2 is 1.83 bits per heavy atom. The van der Waals surface area contributed by atoms with E-state index in [1.165, 1.54) is 16.9 Å². The normalized spacial score (nSPS) is 10.9. The largest absolute Gasteiger partial charge is 0.494 e. The maximum atomic E-state index is 12.7. The molecular weight excluding hydrogens is 382 g/mol. The average Bonchev–Trinajstić information content (AvgIpc) is 3.07. The maximum Gasteiger partial charge on any atom is 0.267 e. The monoisotopic (exact) mass is 409 g/mol. The van der Waals surface area contributed by atoms with E-state index in [4.69, 9.17) is 4.74 Å². The zero-order valence-electron chi connectivity index (χ0n) is 17.1. The summed E-state index contributed by atoms with van der Waals surface area (Å²) in [7, 11) is 4.10. The predicted octanol–water partition coefficient (Wildman–Crippen LogP) is 4.63. The molecule has 1 aromatic heterocycles. The average molecular weight is 410 g/mol. The lowest BCUT2D eigenvalue weighted by Gasteiger charge is -2.11. The minimum atomic E-state index is -0.126. The van der Waals surface area contributed by atoms with Gasteiger partial charge in [0.1, 0.15) is 10.6 Å². The van der Waals surface area contributed by atoms with Gasteiger partial charge in [-0.1, -0.05) is 30.3 Å². The second-order valence-electron chi connectivity index (χ2n) is 7.17. The number of nitrogens with one attached hydrogen (secondary N) is 1. The van der Waals surface area contributed by atoms with Crippen LogP contribution in [0, 0.1) is 6.92 Å². The molecule has 0 aliphatic rings. The summed E-state index contributed by atoms with van der Waals surface area (Å²) in [5.74, 6) is 0.680. The van der Waals surface area contributed by atoms with E-state index >= 15 is 0 Å². The van der Waals surface area contributed by atoms with Crippen molar-refractivity contribution in [2.75, 3.05) is 32.6 Å². The lowest BCUT2D eigenvalue weighted by Crippen LogP contribution is -2.15. The van der Waals surface area contributed by atoms with Crippen molar-refractivity contribution in [3.63, 3.8) is 0 Å². The van der Waals surface area contributed by atoms with Crippen molar-refractivity contribution in [3.05, 3.63) is 75.7 Å². The van der Waals surface area contributed by atoms with Crippen LogP contribution in [0.25, 0.3) is 0 Å². The Balaban J connectivity index is 1.56. The molecule has 0 unspecified atom stereocenters. The lowest BCUT2D eigenvalue weighted by molar-refractivity contribution is 0.103. The summed E-state index contributed by atoms with van der Waals surface area (Å²) in [6, 6.07) is 17.6. The molecule has 1 heterocycles. The molecule has 1 N–H and O–H groups in total. The van der Waals surface area contributed by atoms with Gasteiger partial charge in [0.2, 0.25) is 0 Å². The third-order valence-electron chi connectivity index (χ3n) is 4.38. The summed E-state index contributed by atoms with van der Waals surface area (Å²) in [4.78, 5) is 20.0. The summed E-state index contributed by atoms with van der Waals surface area (Å²) in [6.07, 6.45) is 1.71. The first-order valence-electron chi connectivity index (χ1n) is 9.70. The van der Waals surface area contributed by atoms with Crippen molar-refractivity contribution in [1.29, 1.82) is 0 Å². The van der Waals surface area contributed by atoms with Gasteiger partial charge in [-0.05, 0) is 57.3 Å². The Morgan fingerprint density at radius 3 is 2.52 bits per heavy atom. The summed E-state index contributed by atoms with van der Waals surface area (Å²) in [6.45, 7) is 3.55. The van der Waals surface area contributed by atoms with E-state index in [1.807, 2.05) is 63.5 Å². The molecule has 2 aromatic carbocycles. The number of carbonyl (C=O) groups is 1. The van der Waals surface area contributed by atoms with Gasteiger partial charge in [-0.15, -0.1) is 11.3 Å². The molecule has 0 bridgehead atoms. The molecule has 6 heteroatoms. The predicted molar refractivity (Wildman–Crippen MR) is 119 cm³/mol. The third kappa shape index (κ3) is 6.41. The van der Waals surface area contributed by atoms with Crippen molar-refractivity contribution in [1.82, 2.24) is 9.88 Å². The Labute approximate surface area is 176 Å². The first kappa shape index (κ1) is 21.0. The van der Waals surface area contributed by atoms with E-state index in [2.05, 4.69) is 27.3 Å². The summed E-state index contributed by atoms with van der Waals surface area (Å²) in [5.41, 5.74) is 2.70. The molecule has 0 saturated heterocycles. The first-order valence-corrected chi connectivity index (χ1v) is 10.5. The van der Waals surface area contributed by atoms with Crippen LogP contribution in [-0.4, -0.2) is 43.0 Å². The van der Waals surface area contributed by atoms with E-state index in [0.29, 0.717) is 11.5 Å². The quantitative estimate of drug-likeness (QED) is 0.524. The van der Waals surface area contributed by atoms with Crippen LogP contribution >= 0.6 is 11.3 Å². The molecule has 0 aliphatic heterocycles. The number of rotatable bonds is 9. The van der Waals surface area contributed by atoms with Gasteiger partial charge in [-0.3, -0.25) is 4.79 Å². The van der Waals surface area contributed by atoms with Gasteiger partial charge in [-0.25, -0.2) is 4.98 Å². The molecule has 5 nitrogen and oxygen atoms in total. The molecule has 0 atom stereocenters. The van der Waals surface area contributed by atoms with Gasteiger partial charge < -0.3 is 15.0 Å². The molecule has 29 heavy (non-hydrogen) atoms. The highest BCUT2D eigenvalue weighted by atomic mass is 32.1. The molecule has 0 spiro atoms. The van der Waals surface area contributed by atoms with E-state index in [1.54, 1.807) is 0 Å². The van der Waals surface area contributed by atoms with Gasteiger partial charge in [0, 0.05) is 18.7 Å². The highest BCUT2D eigenvalue weighted by molar-refractivity contribution is 7.14.